The fourth-order valence-electron chi connectivity index (χ4n) is 2.19. The van der Waals surface area contributed by atoms with Crippen LogP contribution < -0.4 is 10.6 Å². The number of rotatable bonds is 1. The summed E-state index contributed by atoms with van der Waals surface area (Å²) in [5.74, 6) is -0.394. The maximum Gasteiger partial charge on any atom is 0.417 e. The van der Waals surface area contributed by atoms with Crippen LogP contribution in [0.5, 0.6) is 0 Å². The Morgan fingerprint density at radius 3 is 2.70 bits per heavy atom. The molecule has 1 amide bonds. The Morgan fingerprint density at radius 2 is 2.10 bits per heavy atom. The molecule has 1 fully saturated rings. The molecule has 1 saturated heterocycles. The molecule has 7 heteroatoms. The van der Waals surface area contributed by atoms with Crippen LogP contribution in [-0.4, -0.2) is 18.5 Å². The summed E-state index contributed by atoms with van der Waals surface area (Å²) in [6, 6.07) is 4.06. The van der Waals surface area contributed by atoms with Gasteiger partial charge in [0.25, 0.3) is 0 Å². The summed E-state index contributed by atoms with van der Waals surface area (Å²) in [6.07, 6.45) is -3.48. The number of nitrogens with two attached hydrogens (primary N) is 1. The highest BCUT2D eigenvalue weighted by molar-refractivity contribution is 5.97. The standard InChI is InChI=1S/C13H12F3N3O/c14-13(15,16)10-6-9(4-3-8(10)7-17)19-5-1-2-11(18)12(19)20/h3-4,6,11H,1-2,5,18H2. The van der Waals surface area contributed by atoms with Gasteiger partial charge in [0.2, 0.25) is 5.91 Å². The number of hydrogen-bond donors (Lipinski definition) is 1. The summed E-state index contributed by atoms with van der Waals surface area (Å²) in [6.45, 7) is 0.329. The molecule has 1 aliphatic rings. The van der Waals surface area contributed by atoms with E-state index in [2.05, 4.69) is 0 Å². The van der Waals surface area contributed by atoms with Crippen molar-refractivity contribution in [1.29, 1.82) is 5.26 Å². The van der Waals surface area contributed by atoms with Crippen LogP contribution in [0.2, 0.25) is 0 Å². The fraction of sp³-hybridized carbons (Fsp3) is 0.385. The number of carbonyl (C=O) groups is 1. The highest BCUT2D eigenvalue weighted by Crippen LogP contribution is 2.35. The topological polar surface area (TPSA) is 70.1 Å². The molecule has 106 valence electrons. The lowest BCUT2D eigenvalue weighted by atomic mass is 10.0. The molecule has 1 heterocycles. The molecule has 4 nitrogen and oxygen atoms in total. The van der Waals surface area contributed by atoms with Gasteiger partial charge in [-0.3, -0.25) is 4.79 Å². The Bertz CT molecular complexity index is 577. The molecule has 0 aliphatic carbocycles. The van der Waals surface area contributed by atoms with Crippen LogP contribution in [0.25, 0.3) is 0 Å². The molecular formula is C13H12F3N3O. The number of benzene rings is 1. The van der Waals surface area contributed by atoms with E-state index in [1.807, 2.05) is 0 Å². The van der Waals surface area contributed by atoms with Crippen LogP contribution in [-0.2, 0) is 11.0 Å². The third-order valence-electron chi connectivity index (χ3n) is 3.22. The molecule has 1 unspecified atom stereocenters. The van der Waals surface area contributed by atoms with Gasteiger partial charge in [0.1, 0.15) is 0 Å². The van der Waals surface area contributed by atoms with E-state index in [9.17, 15) is 18.0 Å². The van der Waals surface area contributed by atoms with Crippen molar-refractivity contribution in [2.24, 2.45) is 5.73 Å². The Balaban J connectivity index is 2.44. The van der Waals surface area contributed by atoms with Crippen molar-refractivity contribution in [3.05, 3.63) is 29.3 Å². The van der Waals surface area contributed by atoms with Gasteiger partial charge in [-0.05, 0) is 31.0 Å². The third-order valence-corrected chi connectivity index (χ3v) is 3.22. The van der Waals surface area contributed by atoms with E-state index in [4.69, 9.17) is 11.0 Å². The SMILES string of the molecule is N#Cc1ccc(N2CCCC(N)C2=O)cc1C(F)(F)F. The zero-order valence-electron chi connectivity index (χ0n) is 10.4. The first-order valence-corrected chi connectivity index (χ1v) is 6.03. The molecule has 2 rings (SSSR count). The second kappa shape index (κ2) is 5.13. The molecular weight excluding hydrogens is 271 g/mol. The Kier molecular flexibility index (Phi) is 3.68. The normalized spacial score (nSPS) is 19.9. The molecule has 0 saturated carbocycles. The van der Waals surface area contributed by atoms with Crippen molar-refractivity contribution in [3.63, 3.8) is 0 Å². The van der Waals surface area contributed by atoms with Gasteiger partial charge in [-0.2, -0.15) is 18.4 Å². The first-order valence-electron chi connectivity index (χ1n) is 6.03. The molecule has 0 aromatic heterocycles. The van der Waals surface area contributed by atoms with Crippen LogP contribution in [0, 0.1) is 11.3 Å². The molecule has 1 atom stereocenters. The molecule has 1 aliphatic heterocycles. The molecule has 1 aromatic rings. The van der Waals surface area contributed by atoms with E-state index in [0.29, 0.717) is 19.4 Å². The second-order valence-corrected chi connectivity index (χ2v) is 4.58. The largest absolute Gasteiger partial charge is 0.417 e. The highest BCUT2D eigenvalue weighted by Gasteiger charge is 2.35. The number of anilines is 1. The Morgan fingerprint density at radius 1 is 1.40 bits per heavy atom. The van der Waals surface area contributed by atoms with Gasteiger partial charge >= 0.3 is 6.18 Å². The van der Waals surface area contributed by atoms with E-state index < -0.39 is 29.3 Å². The van der Waals surface area contributed by atoms with Gasteiger partial charge in [0, 0.05) is 12.2 Å². The number of nitrogens with zero attached hydrogens (tertiary/aromatic N) is 2. The van der Waals surface area contributed by atoms with E-state index >= 15 is 0 Å². The highest BCUT2D eigenvalue weighted by atomic mass is 19.4. The zero-order chi connectivity index (χ0) is 14.9. The van der Waals surface area contributed by atoms with Crippen molar-refractivity contribution in [2.75, 3.05) is 11.4 Å². The number of halogens is 3. The fourth-order valence-corrected chi connectivity index (χ4v) is 2.19. The minimum atomic E-state index is -4.64. The van der Waals surface area contributed by atoms with Crippen molar-refractivity contribution < 1.29 is 18.0 Å². The van der Waals surface area contributed by atoms with E-state index in [0.717, 1.165) is 12.1 Å². The Labute approximate surface area is 113 Å². The van der Waals surface area contributed by atoms with Crippen LogP contribution >= 0.6 is 0 Å². The van der Waals surface area contributed by atoms with Gasteiger partial charge < -0.3 is 10.6 Å². The van der Waals surface area contributed by atoms with E-state index in [1.54, 1.807) is 0 Å². The number of hydrogen-bond acceptors (Lipinski definition) is 3. The lowest BCUT2D eigenvalue weighted by molar-refractivity contribution is -0.137. The second-order valence-electron chi connectivity index (χ2n) is 4.58. The molecule has 2 N–H and O–H groups in total. The first-order chi connectivity index (χ1) is 9.34. The number of nitriles is 1. The average Bonchev–Trinajstić information content (AvgIpc) is 2.40. The number of piperidine rings is 1. The maximum absolute atomic E-state index is 12.9. The van der Waals surface area contributed by atoms with Crippen LogP contribution in [0.15, 0.2) is 18.2 Å². The van der Waals surface area contributed by atoms with Gasteiger partial charge in [-0.25, -0.2) is 0 Å². The minimum absolute atomic E-state index is 0.122. The Hall–Kier alpha value is -2.07. The first kappa shape index (κ1) is 14.3. The average molecular weight is 283 g/mol. The molecule has 20 heavy (non-hydrogen) atoms. The molecule has 0 bridgehead atoms. The quantitative estimate of drug-likeness (QED) is 0.857. The number of carbonyl (C=O) groups excluding carboxylic acids is 1. The summed E-state index contributed by atoms with van der Waals surface area (Å²) in [7, 11) is 0. The van der Waals surface area contributed by atoms with Crippen molar-refractivity contribution in [1.82, 2.24) is 0 Å². The van der Waals surface area contributed by atoms with Gasteiger partial charge in [0.15, 0.2) is 0 Å². The summed E-state index contributed by atoms with van der Waals surface area (Å²) in [5, 5.41) is 8.73. The summed E-state index contributed by atoms with van der Waals surface area (Å²) >= 11 is 0. The van der Waals surface area contributed by atoms with Crippen molar-refractivity contribution in [2.45, 2.75) is 25.1 Å². The minimum Gasteiger partial charge on any atom is -0.320 e. The number of amides is 1. The van der Waals surface area contributed by atoms with Gasteiger partial charge in [-0.1, -0.05) is 0 Å². The van der Waals surface area contributed by atoms with Gasteiger partial charge in [-0.15, -0.1) is 0 Å². The molecule has 0 spiro atoms. The third kappa shape index (κ3) is 2.60. The predicted octanol–water partition coefficient (Wildman–Crippen LogP) is 2.03. The monoisotopic (exact) mass is 283 g/mol. The van der Waals surface area contributed by atoms with Crippen molar-refractivity contribution in [3.8, 4) is 6.07 Å². The molecule has 1 aromatic carbocycles. The lowest BCUT2D eigenvalue weighted by Crippen LogP contribution is -2.48. The van der Waals surface area contributed by atoms with Crippen LogP contribution in [0.4, 0.5) is 18.9 Å². The molecule has 0 radical (unpaired) electrons. The van der Waals surface area contributed by atoms with E-state index in [-0.39, 0.29) is 5.69 Å². The summed E-state index contributed by atoms with van der Waals surface area (Å²) in [5.41, 5.74) is 4.24. The lowest BCUT2D eigenvalue weighted by Gasteiger charge is -2.31. The predicted molar refractivity (Wildman–Crippen MR) is 65.7 cm³/mol. The van der Waals surface area contributed by atoms with Crippen LogP contribution in [0.1, 0.15) is 24.0 Å². The van der Waals surface area contributed by atoms with Crippen LogP contribution in [0.3, 0.4) is 0 Å². The smallest absolute Gasteiger partial charge is 0.320 e. The maximum atomic E-state index is 12.9. The summed E-state index contributed by atoms with van der Waals surface area (Å²) in [4.78, 5) is 13.1. The van der Waals surface area contributed by atoms with E-state index in [1.165, 1.54) is 17.0 Å². The van der Waals surface area contributed by atoms with Gasteiger partial charge in [0.05, 0.1) is 23.2 Å². The van der Waals surface area contributed by atoms with Crippen molar-refractivity contribution >= 4 is 11.6 Å². The zero-order valence-corrected chi connectivity index (χ0v) is 10.4. The summed E-state index contributed by atoms with van der Waals surface area (Å²) < 4.78 is 38.6. The number of alkyl halides is 3.